The van der Waals surface area contributed by atoms with Gasteiger partial charge in [-0.1, -0.05) is 29.8 Å². The van der Waals surface area contributed by atoms with Crippen molar-refractivity contribution in [3.05, 3.63) is 53.1 Å². The zero-order valence-electron chi connectivity index (χ0n) is 16.8. The minimum atomic E-state index is -0.123. The maximum absolute atomic E-state index is 12.8. The van der Waals surface area contributed by atoms with E-state index in [1.807, 2.05) is 57.2 Å². The quantitative estimate of drug-likeness (QED) is 0.781. The molecular formula is C22H29ClN3O2+. The molecule has 0 spiro atoms. The van der Waals surface area contributed by atoms with Crippen LogP contribution in [0.1, 0.15) is 19.4 Å². The molecule has 0 unspecified atom stereocenters. The Hall–Kier alpha value is -2.24. The SMILES string of the molecule is CCOc1ccccc1N1CC[NH+]([C@@H](C)C(=O)Nc2cccc(Cl)c2C)CC1. The van der Waals surface area contributed by atoms with Crippen LogP contribution >= 0.6 is 11.6 Å². The van der Waals surface area contributed by atoms with Gasteiger partial charge in [-0.3, -0.25) is 4.79 Å². The molecule has 2 aromatic rings. The molecule has 0 saturated carbocycles. The summed E-state index contributed by atoms with van der Waals surface area (Å²) in [5.41, 5.74) is 2.82. The van der Waals surface area contributed by atoms with Gasteiger partial charge in [0.05, 0.1) is 38.5 Å². The number of benzene rings is 2. The highest BCUT2D eigenvalue weighted by molar-refractivity contribution is 6.31. The van der Waals surface area contributed by atoms with E-state index >= 15 is 0 Å². The summed E-state index contributed by atoms with van der Waals surface area (Å²) in [6.07, 6.45) is 0. The normalized spacial score (nSPS) is 15.9. The number of amides is 1. The molecule has 1 fully saturated rings. The molecular weight excluding hydrogens is 374 g/mol. The number of nitrogens with one attached hydrogen (secondary N) is 2. The van der Waals surface area contributed by atoms with Gasteiger partial charge in [-0.15, -0.1) is 0 Å². The summed E-state index contributed by atoms with van der Waals surface area (Å²) < 4.78 is 5.77. The third-order valence-corrected chi connectivity index (χ3v) is 5.85. The number of hydrogen-bond acceptors (Lipinski definition) is 3. The molecule has 2 N–H and O–H groups in total. The maximum atomic E-state index is 12.8. The van der Waals surface area contributed by atoms with Gasteiger partial charge in [0.1, 0.15) is 5.75 Å². The first-order valence-corrected chi connectivity index (χ1v) is 10.3. The molecule has 28 heavy (non-hydrogen) atoms. The Morgan fingerprint density at radius 1 is 1.21 bits per heavy atom. The maximum Gasteiger partial charge on any atom is 0.282 e. The second-order valence-corrected chi connectivity index (χ2v) is 7.58. The van der Waals surface area contributed by atoms with E-state index in [4.69, 9.17) is 16.3 Å². The molecule has 1 aliphatic rings. The molecule has 1 aliphatic heterocycles. The van der Waals surface area contributed by atoms with Gasteiger partial charge in [-0.25, -0.2) is 0 Å². The minimum Gasteiger partial charge on any atom is -0.492 e. The molecule has 5 nitrogen and oxygen atoms in total. The van der Waals surface area contributed by atoms with Gasteiger partial charge in [0.2, 0.25) is 0 Å². The monoisotopic (exact) mass is 402 g/mol. The molecule has 1 heterocycles. The summed E-state index contributed by atoms with van der Waals surface area (Å²) in [6.45, 7) is 10.2. The van der Waals surface area contributed by atoms with E-state index in [1.165, 1.54) is 4.90 Å². The van der Waals surface area contributed by atoms with Gasteiger partial charge in [0.15, 0.2) is 6.04 Å². The van der Waals surface area contributed by atoms with Crippen LogP contribution < -0.4 is 19.9 Å². The lowest BCUT2D eigenvalue weighted by atomic mass is 10.1. The Morgan fingerprint density at radius 2 is 1.93 bits per heavy atom. The van der Waals surface area contributed by atoms with Crippen LogP contribution in [0.25, 0.3) is 0 Å². The average molecular weight is 403 g/mol. The zero-order valence-corrected chi connectivity index (χ0v) is 17.6. The van der Waals surface area contributed by atoms with Crippen LogP contribution in [0.15, 0.2) is 42.5 Å². The van der Waals surface area contributed by atoms with E-state index in [0.29, 0.717) is 11.6 Å². The standard InChI is InChI=1S/C22H28ClN3O2/c1-4-28-21-11-6-5-10-20(21)26-14-12-25(13-15-26)17(3)22(27)24-19-9-7-8-18(23)16(19)2/h5-11,17H,4,12-15H2,1-3H3,(H,24,27)/p+1/t17-/m0/s1. The zero-order chi connectivity index (χ0) is 20.1. The predicted molar refractivity (Wildman–Crippen MR) is 115 cm³/mol. The lowest BCUT2D eigenvalue weighted by Gasteiger charge is -2.36. The van der Waals surface area contributed by atoms with Gasteiger partial charge in [-0.05, 0) is 50.6 Å². The molecule has 0 aliphatic carbocycles. The second-order valence-electron chi connectivity index (χ2n) is 7.17. The van der Waals surface area contributed by atoms with Crippen LogP contribution in [0.5, 0.6) is 5.75 Å². The molecule has 6 heteroatoms. The first-order chi connectivity index (χ1) is 13.5. The van der Waals surface area contributed by atoms with E-state index in [0.717, 1.165) is 48.9 Å². The topological polar surface area (TPSA) is 46.0 Å². The van der Waals surface area contributed by atoms with Crippen molar-refractivity contribution in [2.24, 2.45) is 0 Å². The summed E-state index contributed by atoms with van der Waals surface area (Å²) in [7, 11) is 0. The fourth-order valence-corrected chi connectivity index (χ4v) is 3.81. The first kappa shape index (κ1) is 20.5. The van der Waals surface area contributed by atoms with Gasteiger partial charge in [0, 0.05) is 10.7 Å². The van der Waals surface area contributed by atoms with Crippen LogP contribution in [0.4, 0.5) is 11.4 Å². The van der Waals surface area contributed by atoms with Crippen molar-refractivity contribution < 1.29 is 14.4 Å². The molecule has 3 rings (SSSR count). The van der Waals surface area contributed by atoms with Crippen LogP contribution in [-0.4, -0.2) is 44.7 Å². The number of rotatable bonds is 6. The van der Waals surface area contributed by atoms with Crippen molar-refractivity contribution in [2.75, 3.05) is 43.0 Å². The van der Waals surface area contributed by atoms with Gasteiger partial charge < -0.3 is 19.9 Å². The lowest BCUT2D eigenvalue weighted by molar-refractivity contribution is -0.914. The van der Waals surface area contributed by atoms with Crippen LogP contribution in [-0.2, 0) is 4.79 Å². The fourth-order valence-electron chi connectivity index (χ4n) is 3.63. The Balaban J connectivity index is 1.60. The third-order valence-electron chi connectivity index (χ3n) is 5.44. The summed E-state index contributed by atoms with van der Waals surface area (Å²) in [4.78, 5) is 16.4. The summed E-state index contributed by atoms with van der Waals surface area (Å²) >= 11 is 6.16. The third kappa shape index (κ3) is 4.59. The van der Waals surface area contributed by atoms with E-state index in [9.17, 15) is 4.79 Å². The van der Waals surface area contributed by atoms with E-state index < -0.39 is 0 Å². The van der Waals surface area contributed by atoms with E-state index in [-0.39, 0.29) is 11.9 Å². The minimum absolute atomic E-state index is 0.0310. The Kier molecular flexibility index (Phi) is 6.81. The number of anilines is 2. The molecule has 0 aromatic heterocycles. The summed E-state index contributed by atoms with van der Waals surface area (Å²) in [5, 5.41) is 3.71. The number of carbonyl (C=O) groups is 1. The Bertz CT molecular complexity index is 819. The number of quaternary nitrogens is 1. The number of halogens is 1. The molecule has 1 amide bonds. The van der Waals surface area contributed by atoms with Crippen molar-refractivity contribution in [3.8, 4) is 5.75 Å². The lowest BCUT2D eigenvalue weighted by Crippen LogP contribution is -3.19. The van der Waals surface area contributed by atoms with Crippen molar-refractivity contribution in [2.45, 2.75) is 26.8 Å². The van der Waals surface area contributed by atoms with E-state index in [1.54, 1.807) is 0 Å². The largest absolute Gasteiger partial charge is 0.492 e. The molecule has 0 bridgehead atoms. The smallest absolute Gasteiger partial charge is 0.282 e. The number of ether oxygens (including phenoxy) is 1. The van der Waals surface area contributed by atoms with Gasteiger partial charge >= 0.3 is 0 Å². The van der Waals surface area contributed by atoms with Crippen LogP contribution in [0.2, 0.25) is 5.02 Å². The van der Waals surface area contributed by atoms with Crippen LogP contribution in [0, 0.1) is 6.92 Å². The Morgan fingerprint density at radius 3 is 2.64 bits per heavy atom. The number of piperazine rings is 1. The number of para-hydroxylation sites is 2. The van der Waals surface area contributed by atoms with Crippen molar-refractivity contribution in [3.63, 3.8) is 0 Å². The predicted octanol–water partition coefficient (Wildman–Crippen LogP) is 2.78. The number of hydrogen-bond donors (Lipinski definition) is 2. The summed E-state index contributed by atoms with van der Waals surface area (Å²) in [5.74, 6) is 0.958. The second kappa shape index (κ2) is 9.30. The highest BCUT2D eigenvalue weighted by Crippen LogP contribution is 2.28. The van der Waals surface area contributed by atoms with Crippen molar-refractivity contribution >= 4 is 28.9 Å². The van der Waals surface area contributed by atoms with Crippen LogP contribution in [0.3, 0.4) is 0 Å². The molecule has 0 radical (unpaired) electrons. The van der Waals surface area contributed by atoms with Gasteiger partial charge in [0.25, 0.3) is 5.91 Å². The highest BCUT2D eigenvalue weighted by Gasteiger charge is 2.30. The fraction of sp³-hybridized carbons (Fsp3) is 0.409. The molecule has 1 saturated heterocycles. The van der Waals surface area contributed by atoms with E-state index in [2.05, 4.69) is 16.3 Å². The number of carbonyl (C=O) groups excluding carboxylic acids is 1. The molecule has 1 atom stereocenters. The first-order valence-electron chi connectivity index (χ1n) is 9.88. The van der Waals surface area contributed by atoms with Crippen molar-refractivity contribution in [1.82, 2.24) is 0 Å². The van der Waals surface area contributed by atoms with Crippen molar-refractivity contribution in [1.29, 1.82) is 0 Å². The Labute approximate surface area is 172 Å². The molecule has 150 valence electrons. The van der Waals surface area contributed by atoms with Gasteiger partial charge in [-0.2, -0.15) is 0 Å². The number of nitrogens with zero attached hydrogens (tertiary/aromatic N) is 1. The highest BCUT2D eigenvalue weighted by atomic mass is 35.5. The average Bonchev–Trinajstić information content (AvgIpc) is 2.71. The molecule has 2 aromatic carbocycles. The summed E-state index contributed by atoms with van der Waals surface area (Å²) in [6, 6.07) is 13.6.